The summed E-state index contributed by atoms with van der Waals surface area (Å²) in [4.78, 5) is 25.6. The Hall–Kier alpha value is -2.11. The maximum absolute atomic E-state index is 11.4. The predicted octanol–water partition coefficient (Wildman–Crippen LogP) is 1.62. The van der Waals surface area contributed by atoms with E-state index in [2.05, 4.69) is 10.3 Å². The molecule has 1 aromatic heterocycles. The van der Waals surface area contributed by atoms with Crippen molar-refractivity contribution in [3.8, 4) is 5.75 Å². The lowest BCUT2D eigenvalue weighted by atomic mass is 10.2. The molecule has 0 saturated carbocycles. The highest BCUT2D eigenvalue weighted by atomic mass is 16.6. The second-order valence-corrected chi connectivity index (χ2v) is 4.72. The van der Waals surface area contributed by atoms with Crippen molar-refractivity contribution in [2.45, 2.75) is 32.9 Å². The Balaban J connectivity index is 2.56. The molecule has 0 bridgehead atoms. The summed E-state index contributed by atoms with van der Waals surface area (Å²) in [6, 6.07) is 1.37. The molecule has 1 amide bonds. The Morgan fingerprint density at radius 2 is 2.22 bits per heavy atom. The van der Waals surface area contributed by atoms with Crippen LogP contribution in [0.2, 0.25) is 0 Å². The van der Waals surface area contributed by atoms with E-state index in [1.807, 2.05) is 0 Å². The van der Waals surface area contributed by atoms with Crippen LogP contribution in [0.5, 0.6) is 5.75 Å². The monoisotopic (exact) mass is 252 g/mol. The van der Waals surface area contributed by atoms with Gasteiger partial charge in [0.25, 0.3) is 0 Å². The third kappa shape index (κ3) is 4.40. The van der Waals surface area contributed by atoms with Crippen molar-refractivity contribution in [3.63, 3.8) is 0 Å². The summed E-state index contributed by atoms with van der Waals surface area (Å²) in [5.41, 5.74) is -0.0220. The van der Waals surface area contributed by atoms with Gasteiger partial charge in [-0.05, 0) is 32.4 Å². The number of hydrogen-bond acceptors (Lipinski definition) is 5. The average Bonchev–Trinajstić information content (AvgIpc) is 2.24. The van der Waals surface area contributed by atoms with Crippen LogP contribution < -0.4 is 5.32 Å². The zero-order valence-electron chi connectivity index (χ0n) is 10.6. The van der Waals surface area contributed by atoms with Crippen LogP contribution in [0, 0.1) is 0 Å². The quantitative estimate of drug-likeness (QED) is 0.798. The number of hydrogen-bond donors (Lipinski definition) is 2. The molecular formula is C12H16N2O4. The van der Waals surface area contributed by atoms with Crippen molar-refractivity contribution in [1.29, 1.82) is 0 Å². The number of rotatable bonds is 3. The van der Waals surface area contributed by atoms with E-state index in [1.54, 1.807) is 20.8 Å². The van der Waals surface area contributed by atoms with E-state index < -0.39 is 11.7 Å². The predicted molar refractivity (Wildman–Crippen MR) is 64.4 cm³/mol. The molecule has 0 unspecified atom stereocenters. The van der Waals surface area contributed by atoms with Gasteiger partial charge >= 0.3 is 6.09 Å². The number of nitrogens with zero attached hydrogens (tertiary/aromatic N) is 1. The van der Waals surface area contributed by atoms with E-state index in [0.29, 0.717) is 11.8 Å². The van der Waals surface area contributed by atoms with Gasteiger partial charge in [-0.25, -0.2) is 9.78 Å². The Bertz CT molecular complexity index is 452. The molecule has 0 saturated heterocycles. The number of aromatic hydroxyl groups is 1. The van der Waals surface area contributed by atoms with Crippen LogP contribution in [-0.2, 0) is 11.3 Å². The molecule has 0 fully saturated rings. The van der Waals surface area contributed by atoms with E-state index in [4.69, 9.17) is 4.74 Å². The highest BCUT2D eigenvalue weighted by Gasteiger charge is 2.15. The number of carbonyl (C=O) groups is 2. The molecule has 6 nitrogen and oxygen atoms in total. The summed E-state index contributed by atoms with van der Waals surface area (Å²) >= 11 is 0. The van der Waals surface area contributed by atoms with Crippen LogP contribution in [-0.4, -0.2) is 28.1 Å². The van der Waals surface area contributed by atoms with Gasteiger partial charge in [0, 0.05) is 12.7 Å². The fraction of sp³-hybridized carbons (Fsp3) is 0.417. The Labute approximate surface area is 105 Å². The first kappa shape index (κ1) is 14.0. The number of pyridine rings is 1. The van der Waals surface area contributed by atoms with E-state index in [0.717, 1.165) is 0 Å². The van der Waals surface area contributed by atoms with Gasteiger partial charge in [0.2, 0.25) is 0 Å². The lowest BCUT2D eigenvalue weighted by molar-refractivity contribution is 0.0523. The van der Waals surface area contributed by atoms with Gasteiger partial charge in [-0.3, -0.25) is 4.79 Å². The van der Waals surface area contributed by atoms with Crippen molar-refractivity contribution in [2.75, 3.05) is 0 Å². The molecular weight excluding hydrogens is 236 g/mol. The third-order valence-corrected chi connectivity index (χ3v) is 1.90. The molecule has 0 aliphatic carbocycles. The van der Waals surface area contributed by atoms with Crippen LogP contribution >= 0.6 is 0 Å². The van der Waals surface area contributed by atoms with E-state index in [9.17, 15) is 14.7 Å². The van der Waals surface area contributed by atoms with E-state index >= 15 is 0 Å². The Morgan fingerprint density at radius 1 is 1.56 bits per heavy atom. The topological polar surface area (TPSA) is 88.5 Å². The molecule has 6 heteroatoms. The van der Waals surface area contributed by atoms with Crippen molar-refractivity contribution in [1.82, 2.24) is 10.3 Å². The molecule has 0 radical (unpaired) electrons. The second kappa shape index (κ2) is 5.48. The third-order valence-electron chi connectivity index (χ3n) is 1.90. The number of aldehydes is 1. The van der Waals surface area contributed by atoms with Crippen LogP contribution in [0.3, 0.4) is 0 Å². The highest BCUT2D eigenvalue weighted by Crippen LogP contribution is 2.14. The zero-order chi connectivity index (χ0) is 13.8. The van der Waals surface area contributed by atoms with Crippen LogP contribution in [0.1, 0.15) is 36.8 Å². The van der Waals surface area contributed by atoms with Crippen molar-refractivity contribution >= 4 is 12.4 Å². The summed E-state index contributed by atoms with van der Waals surface area (Å²) < 4.78 is 5.05. The summed E-state index contributed by atoms with van der Waals surface area (Å²) in [5, 5.41) is 11.9. The molecule has 18 heavy (non-hydrogen) atoms. The maximum Gasteiger partial charge on any atom is 0.407 e. The number of amides is 1. The Morgan fingerprint density at radius 3 is 2.72 bits per heavy atom. The smallest absolute Gasteiger partial charge is 0.407 e. The molecule has 0 aliphatic rings. The fourth-order valence-electron chi connectivity index (χ4n) is 1.18. The fourth-order valence-corrected chi connectivity index (χ4v) is 1.18. The van der Waals surface area contributed by atoms with Crippen LogP contribution in [0.4, 0.5) is 4.79 Å². The minimum atomic E-state index is -0.564. The molecule has 98 valence electrons. The first-order valence-corrected chi connectivity index (χ1v) is 5.42. The average molecular weight is 252 g/mol. The van der Waals surface area contributed by atoms with Gasteiger partial charge in [0.1, 0.15) is 17.0 Å². The first-order chi connectivity index (χ1) is 8.31. The van der Waals surface area contributed by atoms with Gasteiger partial charge in [-0.2, -0.15) is 0 Å². The molecule has 1 rings (SSSR count). The van der Waals surface area contributed by atoms with Crippen LogP contribution in [0.25, 0.3) is 0 Å². The lowest BCUT2D eigenvalue weighted by Crippen LogP contribution is -2.32. The number of nitrogens with one attached hydrogen (secondary N) is 1. The standard InChI is InChI=1S/C12H16N2O4/c1-12(2,3)18-11(17)14-6-8-4-10(16)9(7-15)13-5-8/h4-5,7,16H,6H2,1-3H3,(H,14,17). The van der Waals surface area contributed by atoms with Crippen molar-refractivity contribution in [2.24, 2.45) is 0 Å². The summed E-state index contributed by atoms with van der Waals surface area (Å²) in [7, 11) is 0. The molecule has 2 N–H and O–H groups in total. The van der Waals surface area contributed by atoms with Gasteiger partial charge < -0.3 is 15.2 Å². The summed E-state index contributed by atoms with van der Waals surface area (Å²) in [6.45, 7) is 5.45. The van der Waals surface area contributed by atoms with E-state index in [-0.39, 0.29) is 18.0 Å². The van der Waals surface area contributed by atoms with Gasteiger partial charge in [0.05, 0.1) is 0 Å². The molecule has 0 aromatic carbocycles. The molecule has 0 atom stereocenters. The number of aromatic nitrogens is 1. The molecule has 0 aliphatic heterocycles. The number of carbonyl (C=O) groups excluding carboxylic acids is 2. The molecule has 0 spiro atoms. The van der Waals surface area contributed by atoms with Gasteiger partial charge in [-0.1, -0.05) is 0 Å². The molecule has 1 aromatic rings. The van der Waals surface area contributed by atoms with E-state index in [1.165, 1.54) is 12.3 Å². The summed E-state index contributed by atoms with van der Waals surface area (Å²) in [6.07, 6.45) is 1.31. The highest BCUT2D eigenvalue weighted by molar-refractivity contribution is 5.76. The second-order valence-electron chi connectivity index (χ2n) is 4.72. The van der Waals surface area contributed by atoms with Crippen LogP contribution in [0.15, 0.2) is 12.3 Å². The van der Waals surface area contributed by atoms with Crippen molar-refractivity contribution < 1.29 is 19.4 Å². The largest absolute Gasteiger partial charge is 0.506 e. The summed E-state index contributed by atoms with van der Waals surface area (Å²) in [5.74, 6) is -0.214. The van der Waals surface area contributed by atoms with Crippen molar-refractivity contribution in [3.05, 3.63) is 23.5 Å². The Kier molecular flexibility index (Phi) is 4.25. The number of alkyl carbamates (subject to hydrolysis) is 1. The number of ether oxygens (including phenoxy) is 1. The van der Waals surface area contributed by atoms with Gasteiger partial charge in [-0.15, -0.1) is 0 Å². The lowest BCUT2D eigenvalue weighted by Gasteiger charge is -2.19. The first-order valence-electron chi connectivity index (χ1n) is 5.42. The maximum atomic E-state index is 11.4. The zero-order valence-corrected chi connectivity index (χ0v) is 10.6. The van der Waals surface area contributed by atoms with Gasteiger partial charge in [0.15, 0.2) is 6.29 Å². The normalized spacial score (nSPS) is 10.8. The SMILES string of the molecule is CC(C)(C)OC(=O)NCc1cnc(C=O)c(O)c1. The minimum Gasteiger partial charge on any atom is -0.506 e. The molecule has 1 heterocycles. The minimum absolute atomic E-state index is 0.0315.